The maximum atomic E-state index is 12.5. The number of guanidine groups is 1. The van der Waals surface area contributed by atoms with E-state index in [0.29, 0.717) is 26.2 Å². The van der Waals surface area contributed by atoms with Gasteiger partial charge in [0.05, 0.1) is 18.5 Å². The molecule has 1 aromatic rings. The van der Waals surface area contributed by atoms with Crippen LogP contribution in [0.25, 0.3) is 0 Å². The van der Waals surface area contributed by atoms with Crippen molar-refractivity contribution in [3.05, 3.63) is 35.4 Å². The normalized spacial score (nSPS) is 16.6. The summed E-state index contributed by atoms with van der Waals surface area (Å²) in [5.41, 5.74) is 2.56. The summed E-state index contributed by atoms with van der Waals surface area (Å²) < 4.78 is 31.9. The second kappa shape index (κ2) is 10.8. The van der Waals surface area contributed by atoms with Gasteiger partial charge in [-0.25, -0.2) is 8.42 Å². The highest BCUT2D eigenvalue weighted by atomic mass is 32.2. The Hall–Kier alpha value is -1.64. The van der Waals surface area contributed by atoms with Crippen LogP contribution in [0, 0.1) is 6.92 Å². The highest BCUT2D eigenvalue weighted by molar-refractivity contribution is 7.89. The SMILES string of the molecule is CN=C(NCCc1cccc(C)c1)N1CCN(S(=O)(=O)CCOC(C)C)CC1. The summed E-state index contributed by atoms with van der Waals surface area (Å²) in [5, 5.41) is 3.40. The van der Waals surface area contributed by atoms with Gasteiger partial charge in [-0.3, -0.25) is 4.99 Å². The zero-order valence-electron chi connectivity index (χ0n) is 17.5. The molecule has 158 valence electrons. The predicted octanol–water partition coefficient (Wildman–Crippen LogP) is 1.49. The minimum atomic E-state index is -3.27. The molecule has 0 saturated carbocycles. The number of benzene rings is 1. The molecule has 1 N–H and O–H groups in total. The summed E-state index contributed by atoms with van der Waals surface area (Å²) in [6.45, 7) is 9.15. The molecular formula is C20H34N4O3S. The largest absolute Gasteiger partial charge is 0.378 e. The number of nitrogens with zero attached hydrogens (tertiary/aromatic N) is 3. The molecule has 0 radical (unpaired) electrons. The lowest BCUT2D eigenvalue weighted by molar-refractivity contribution is 0.0904. The van der Waals surface area contributed by atoms with Crippen LogP contribution in [-0.2, 0) is 21.2 Å². The van der Waals surface area contributed by atoms with Gasteiger partial charge >= 0.3 is 0 Å². The first-order valence-electron chi connectivity index (χ1n) is 9.92. The second-order valence-corrected chi connectivity index (χ2v) is 9.42. The Bertz CT molecular complexity index is 742. The van der Waals surface area contributed by atoms with Gasteiger partial charge in [0.15, 0.2) is 5.96 Å². The van der Waals surface area contributed by atoms with Crippen LogP contribution in [0.1, 0.15) is 25.0 Å². The predicted molar refractivity (Wildman–Crippen MR) is 114 cm³/mol. The van der Waals surface area contributed by atoms with E-state index in [-0.39, 0.29) is 18.5 Å². The molecule has 0 aliphatic carbocycles. The summed E-state index contributed by atoms with van der Waals surface area (Å²) in [7, 11) is -1.51. The molecule has 1 heterocycles. The number of nitrogens with one attached hydrogen (secondary N) is 1. The van der Waals surface area contributed by atoms with Crippen molar-refractivity contribution in [1.82, 2.24) is 14.5 Å². The summed E-state index contributed by atoms with van der Waals surface area (Å²) in [5.74, 6) is 0.863. The minimum absolute atomic E-state index is 0.0364. The Balaban J connectivity index is 1.78. The van der Waals surface area contributed by atoms with E-state index in [1.54, 1.807) is 11.4 Å². The number of hydrogen-bond acceptors (Lipinski definition) is 4. The van der Waals surface area contributed by atoms with Crippen molar-refractivity contribution in [3.8, 4) is 0 Å². The van der Waals surface area contributed by atoms with Crippen LogP contribution < -0.4 is 5.32 Å². The van der Waals surface area contributed by atoms with Gasteiger partial charge < -0.3 is 15.0 Å². The fourth-order valence-electron chi connectivity index (χ4n) is 3.21. The molecule has 1 saturated heterocycles. The molecule has 8 heteroatoms. The smallest absolute Gasteiger partial charge is 0.216 e. The Morgan fingerprint density at radius 3 is 2.57 bits per heavy atom. The average Bonchev–Trinajstić information content (AvgIpc) is 2.65. The van der Waals surface area contributed by atoms with Crippen LogP contribution in [0.4, 0.5) is 0 Å². The van der Waals surface area contributed by atoms with Crippen molar-refractivity contribution < 1.29 is 13.2 Å². The molecule has 0 aromatic heterocycles. The quantitative estimate of drug-likeness (QED) is 0.519. The third-order valence-electron chi connectivity index (χ3n) is 4.72. The second-order valence-electron chi connectivity index (χ2n) is 7.33. The maximum absolute atomic E-state index is 12.5. The molecule has 1 aliphatic heterocycles. The minimum Gasteiger partial charge on any atom is -0.378 e. The number of aryl methyl sites for hydroxylation is 1. The molecular weight excluding hydrogens is 376 g/mol. The van der Waals surface area contributed by atoms with Crippen molar-refractivity contribution in [2.75, 3.05) is 52.1 Å². The maximum Gasteiger partial charge on any atom is 0.216 e. The molecule has 0 atom stereocenters. The van der Waals surface area contributed by atoms with Crippen molar-refractivity contribution >= 4 is 16.0 Å². The molecule has 0 amide bonds. The molecule has 0 bridgehead atoms. The average molecular weight is 411 g/mol. The molecule has 1 fully saturated rings. The van der Waals surface area contributed by atoms with Gasteiger partial charge in [0.25, 0.3) is 0 Å². The van der Waals surface area contributed by atoms with E-state index in [2.05, 4.69) is 46.4 Å². The molecule has 1 aromatic carbocycles. The van der Waals surface area contributed by atoms with Crippen molar-refractivity contribution in [1.29, 1.82) is 0 Å². The third kappa shape index (κ3) is 7.07. The Morgan fingerprint density at radius 1 is 1.25 bits per heavy atom. The molecule has 0 spiro atoms. The van der Waals surface area contributed by atoms with E-state index < -0.39 is 10.0 Å². The van der Waals surface area contributed by atoms with Gasteiger partial charge in [-0.2, -0.15) is 4.31 Å². The lowest BCUT2D eigenvalue weighted by atomic mass is 10.1. The fraction of sp³-hybridized carbons (Fsp3) is 0.650. The lowest BCUT2D eigenvalue weighted by Gasteiger charge is -2.35. The van der Waals surface area contributed by atoms with Gasteiger partial charge in [0, 0.05) is 39.8 Å². The molecule has 2 rings (SSSR count). The first-order chi connectivity index (χ1) is 13.3. The monoisotopic (exact) mass is 410 g/mol. The first kappa shape index (κ1) is 22.6. The van der Waals surface area contributed by atoms with Gasteiger partial charge in [-0.05, 0) is 32.8 Å². The van der Waals surface area contributed by atoms with E-state index in [1.165, 1.54) is 11.1 Å². The molecule has 28 heavy (non-hydrogen) atoms. The van der Waals surface area contributed by atoms with E-state index in [0.717, 1.165) is 18.9 Å². The highest BCUT2D eigenvalue weighted by Gasteiger charge is 2.27. The molecule has 1 aliphatic rings. The number of rotatable bonds is 8. The lowest BCUT2D eigenvalue weighted by Crippen LogP contribution is -2.54. The standard InChI is InChI=1S/C20H34N4O3S/c1-17(2)27-14-15-28(25,26)24-12-10-23(11-13-24)20(21-4)22-9-8-19-7-5-6-18(3)16-19/h5-7,16-17H,8-15H2,1-4H3,(H,21,22). The number of piperazine rings is 1. The Morgan fingerprint density at radius 2 is 1.96 bits per heavy atom. The van der Waals surface area contributed by atoms with Crippen LogP contribution in [0.5, 0.6) is 0 Å². The number of sulfonamides is 1. The molecule has 0 unspecified atom stereocenters. The fourth-order valence-corrected chi connectivity index (χ4v) is 4.50. The summed E-state index contributed by atoms with van der Waals surface area (Å²) in [6.07, 6.45) is 0.964. The van der Waals surface area contributed by atoms with Crippen molar-refractivity contribution in [3.63, 3.8) is 0 Å². The topological polar surface area (TPSA) is 74.2 Å². The summed E-state index contributed by atoms with van der Waals surface area (Å²) in [4.78, 5) is 6.48. The molecule has 7 nitrogen and oxygen atoms in total. The zero-order chi connectivity index (χ0) is 20.6. The van der Waals surface area contributed by atoms with Gasteiger partial charge in [0.2, 0.25) is 10.0 Å². The van der Waals surface area contributed by atoms with Crippen molar-refractivity contribution in [2.45, 2.75) is 33.3 Å². The number of aliphatic imine (C=N–C) groups is 1. The highest BCUT2D eigenvalue weighted by Crippen LogP contribution is 2.09. The number of ether oxygens (including phenoxy) is 1. The Kier molecular flexibility index (Phi) is 8.72. The van der Waals surface area contributed by atoms with Crippen LogP contribution in [0.15, 0.2) is 29.3 Å². The Labute approximate surface area is 169 Å². The van der Waals surface area contributed by atoms with Crippen LogP contribution >= 0.6 is 0 Å². The number of hydrogen-bond donors (Lipinski definition) is 1. The van der Waals surface area contributed by atoms with Gasteiger partial charge in [0.1, 0.15) is 0 Å². The van der Waals surface area contributed by atoms with Crippen LogP contribution in [0.2, 0.25) is 0 Å². The summed E-state index contributed by atoms with van der Waals surface area (Å²) in [6, 6.07) is 8.49. The zero-order valence-corrected chi connectivity index (χ0v) is 18.3. The van der Waals surface area contributed by atoms with E-state index in [9.17, 15) is 8.42 Å². The van der Waals surface area contributed by atoms with Gasteiger partial charge in [-0.15, -0.1) is 0 Å². The van der Waals surface area contributed by atoms with E-state index >= 15 is 0 Å². The van der Waals surface area contributed by atoms with Crippen LogP contribution in [-0.4, -0.2) is 81.8 Å². The van der Waals surface area contributed by atoms with Gasteiger partial charge in [-0.1, -0.05) is 29.8 Å². The van der Waals surface area contributed by atoms with E-state index in [4.69, 9.17) is 4.74 Å². The van der Waals surface area contributed by atoms with Crippen molar-refractivity contribution in [2.24, 2.45) is 4.99 Å². The summed E-state index contributed by atoms with van der Waals surface area (Å²) >= 11 is 0. The first-order valence-corrected chi connectivity index (χ1v) is 11.5. The van der Waals surface area contributed by atoms with Crippen LogP contribution in [0.3, 0.4) is 0 Å². The van der Waals surface area contributed by atoms with E-state index in [1.807, 2.05) is 13.8 Å². The third-order valence-corrected chi connectivity index (χ3v) is 6.55.